The van der Waals surface area contributed by atoms with Crippen molar-refractivity contribution in [2.24, 2.45) is 4.99 Å². The molecule has 68 valence electrons. The summed E-state index contributed by atoms with van der Waals surface area (Å²) < 4.78 is 1.03. The molecule has 3 heteroatoms. The van der Waals surface area contributed by atoms with Crippen molar-refractivity contribution in [1.82, 2.24) is 4.90 Å². The van der Waals surface area contributed by atoms with E-state index in [1.54, 1.807) is 0 Å². The smallest absolute Gasteiger partial charge is 0.187 e. The lowest BCUT2D eigenvalue weighted by Crippen LogP contribution is -2.37. The van der Waals surface area contributed by atoms with Crippen LogP contribution in [0.5, 0.6) is 0 Å². The summed E-state index contributed by atoms with van der Waals surface area (Å²) >= 11 is 0. The van der Waals surface area contributed by atoms with Crippen LogP contribution in [0.4, 0.5) is 0 Å². The first kappa shape index (κ1) is 7.33. The number of hydrogen-bond acceptors (Lipinski definition) is 2. The van der Waals surface area contributed by atoms with Crippen LogP contribution in [0.2, 0.25) is 0 Å². The molecule has 0 amide bonds. The van der Waals surface area contributed by atoms with Gasteiger partial charge < -0.3 is 4.90 Å². The predicted octanol–water partition coefficient (Wildman–Crippen LogP) is 1.27. The second-order valence-corrected chi connectivity index (χ2v) is 4.01. The fourth-order valence-electron chi connectivity index (χ4n) is 2.32. The van der Waals surface area contributed by atoms with Crippen molar-refractivity contribution in [1.29, 1.82) is 0 Å². The molecule has 1 fully saturated rings. The molecular weight excluding hydrogens is 162 g/mol. The fraction of sp³-hybridized carbons (Fsp3) is 0.500. The van der Waals surface area contributed by atoms with E-state index in [1.807, 2.05) is 6.21 Å². The van der Waals surface area contributed by atoms with E-state index in [2.05, 4.69) is 28.5 Å². The Kier molecular flexibility index (Phi) is 1.38. The SMILES string of the molecule is C1=C[N+]2(C=C3N=CCN13)CCCC2. The number of nitrogens with zero attached hydrogens (tertiary/aromatic N) is 3. The lowest BCUT2D eigenvalue weighted by molar-refractivity contribution is -0.816. The van der Waals surface area contributed by atoms with Crippen LogP contribution in [0.3, 0.4) is 0 Å². The molecule has 0 radical (unpaired) electrons. The Morgan fingerprint density at radius 2 is 2.15 bits per heavy atom. The van der Waals surface area contributed by atoms with E-state index in [1.165, 1.54) is 25.9 Å². The molecule has 0 aromatic heterocycles. The van der Waals surface area contributed by atoms with Crippen LogP contribution in [0.1, 0.15) is 12.8 Å². The van der Waals surface area contributed by atoms with E-state index in [9.17, 15) is 0 Å². The highest BCUT2D eigenvalue weighted by Crippen LogP contribution is 2.28. The average molecular weight is 176 g/mol. The first-order valence-corrected chi connectivity index (χ1v) is 4.96. The molecule has 1 saturated heterocycles. The topological polar surface area (TPSA) is 15.6 Å². The summed E-state index contributed by atoms with van der Waals surface area (Å²) in [5.41, 5.74) is 0. The number of rotatable bonds is 0. The number of aliphatic imine (C=N–C) groups is 1. The molecular formula is C10H14N3+. The quantitative estimate of drug-likeness (QED) is 0.507. The number of quaternary nitrogens is 1. The molecule has 3 heterocycles. The van der Waals surface area contributed by atoms with Gasteiger partial charge in [-0.3, -0.25) is 4.48 Å². The summed E-state index contributed by atoms with van der Waals surface area (Å²) in [6.45, 7) is 3.45. The van der Waals surface area contributed by atoms with Crippen molar-refractivity contribution in [3.63, 3.8) is 0 Å². The van der Waals surface area contributed by atoms with Crippen LogP contribution in [-0.4, -0.2) is 35.2 Å². The highest BCUT2D eigenvalue weighted by atomic mass is 15.4. The van der Waals surface area contributed by atoms with Crippen molar-refractivity contribution in [2.75, 3.05) is 19.6 Å². The van der Waals surface area contributed by atoms with Crippen molar-refractivity contribution >= 4 is 6.21 Å². The van der Waals surface area contributed by atoms with Crippen molar-refractivity contribution in [3.8, 4) is 0 Å². The van der Waals surface area contributed by atoms with Crippen molar-refractivity contribution < 1.29 is 4.48 Å². The van der Waals surface area contributed by atoms with E-state index in [-0.39, 0.29) is 0 Å². The summed E-state index contributed by atoms with van der Waals surface area (Å²) in [4.78, 5) is 6.57. The number of fused-ring (bicyclic) bond motifs is 1. The van der Waals surface area contributed by atoms with Crippen LogP contribution in [0, 0.1) is 0 Å². The zero-order chi connectivity index (χ0) is 8.73. The van der Waals surface area contributed by atoms with Gasteiger partial charge in [-0.15, -0.1) is 0 Å². The maximum absolute atomic E-state index is 4.37. The van der Waals surface area contributed by atoms with Crippen LogP contribution in [0.15, 0.2) is 29.4 Å². The van der Waals surface area contributed by atoms with Crippen LogP contribution in [0.25, 0.3) is 0 Å². The zero-order valence-electron chi connectivity index (χ0n) is 7.69. The Hall–Kier alpha value is -1.09. The van der Waals surface area contributed by atoms with Crippen LogP contribution < -0.4 is 0 Å². The van der Waals surface area contributed by atoms with E-state index in [0.29, 0.717) is 0 Å². The molecule has 3 aliphatic rings. The average Bonchev–Trinajstić information content (AvgIpc) is 2.74. The predicted molar refractivity (Wildman–Crippen MR) is 51.6 cm³/mol. The van der Waals surface area contributed by atoms with Gasteiger partial charge in [0.15, 0.2) is 5.82 Å². The summed E-state index contributed by atoms with van der Waals surface area (Å²) in [6.07, 6.45) is 11.5. The second kappa shape index (κ2) is 2.45. The molecule has 0 saturated carbocycles. The second-order valence-electron chi connectivity index (χ2n) is 4.01. The van der Waals surface area contributed by atoms with Gasteiger partial charge in [0, 0.05) is 19.1 Å². The van der Waals surface area contributed by atoms with E-state index < -0.39 is 0 Å². The highest BCUT2D eigenvalue weighted by Gasteiger charge is 2.33. The Morgan fingerprint density at radius 3 is 3.00 bits per heavy atom. The van der Waals surface area contributed by atoms with Gasteiger partial charge in [-0.25, -0.2) is 4.99 Å². The van der Waals surface area contributed by atoms with E-state index in [4.69, 9.17) is 0 Å². The maximum atomic E-state index is 4.37. The van der Waals surface area contributed by atoms with Crippen LogP contribution in [-0.2, 0) is 0 Å². The Bertz CT molecular complexity index is 308. The van der Waals surface area contributed by atoms with Crippen LogP contribution >= 0.6 is 0 Å². The number of hydrogen-bond donors (Lipinski definition) is 0. The molecule has 3 rings (SSSR count). The minimum absolute atomic E-state index is 0.947. The first-order valence-electron chi connectivity index (χ1n) is 4.96. The molecule has 0 aromatic carbocycles. The van der Waals surface area contributed by atoms with Gasteiger partial charge in [-0.1, -0.05) is 0 Å². The summed E-state index contributed by atoms with van der Waals surface area (Å²) in [6, 6.07) is 0. The molecule has 0 N–H and O–H groups in total. The van der Waals surface area contributed by atoms with Gasteiger partial charge in [0.2, 0.25) is 0 Å². The molecule has 0 atom stereocenters. The molecule has 0 bridgehead atoms. The largest absolute Gasteiger partial charge is 0.318 e. The lowest BCUT2D eigenvalue weighted by Gasteiger charge is -2.30. The van der Waals surface area contributed by atoms with E-state index >= 15 is 0 Å². The molecule has 3 aliphatic heterocycles. The van der Waals surface area contributed by atoms with Gasteiger partial charge in [-0.2, -0.15) is 0 Å². The molecule has 3 nitrogen and oxygen atoms in total. The third kappa shape index (κ3) is 1.04. The summed E-state index contributed by atoms with van der Waals surface area (Å²) in [5.74, 6) is 1.14. The third-order valence-electron chi connectivity index (χ3n) is 3.11. The van der Waals surface area contributed by atoms with Crippen molar-refractivity contribution in [2.45, 2.75) is 12.8 Å². The normalized spacial score (nSPS) is 28.3. The summed E-state index contributed by atoms with van der Waals surface area (Å²) in [7, 11) is 0. The lowest BCUT2D eigenvalue weighted by atomic mass is 10.4. The monoisotopic (exact) mass is 176 g/mol. The Labute approximate surface area is 78.3 Å². The maximum Gasteiger partial charge on any atom is 0.187 e. The standard InChI is InChI=1S/C10H14N3/c1-2-7-13(6-1)8-5-12-4-3-11-10(12)9-13/h3,5,8-9H,1-2,4,6-7H2/q+1. The molecule has 0 aromatic rings. The minimum Gasteiger partial charge on any atom is -0.318 e. The van der Waals surface area contributed by atoms with Gasteiger partial charge in [0.1, 0.15) is 12.4 Å². The molecule has 0 aliphatic carbocycles. The zero-order valence-corrected chi connectivity index (χ0v) is 7.69. The van der Waals surface area contributed by atoms with Gasteiger partial charge in [-0.05, 0) is 0 Å². The summed E-state index contributed by atoms with van der Waals surface area (Å²) in [5, 5.41) is 0. The Morgan fingerprint density at radius 1 is 1.31 bits per heavy atom. The minimum atomic E-state index is 0.947. The fourth-order valence-corrected chi connectivity index (χ4v) is 2.32. The third-order valence-corrected chi connectivity index (χ3v) is 3.11. The van der Waals surface area contributed by atoms with Gasteiger partial charge in [0.25, 0.3) is 0 Å². The molecule has 1 spiro atoms. The Balaban J connectivity index is 1.96. The highest BCUT2D eigenvalue weighted by molar-refractivity contribution is 5.65. The van der Waals surface area contributed by atoms with Crippen molar-refractivity contribution in [3.05, 3.63) is 24.4 Å². The first-order chi connectivity index (χ1) is 6.38. The van der Waals surface area contributed by atoms with E-state index in [0.717, 1.165) is 16.8 Å². The molecule has 0 unspecified atom stereocenters. The molecule has 13 heavy (non-hydrogen) atoms. The van der Waals surface area contributed by atoms with Gasteiger partial charge >= 0.3 is 0 Å². The van der Waals surface area contributed by atoms with Gasteiger partial charge in [0.05, 0.1) is 25.8 Å².